The Morgan fingerprint density at radius 1 is 1.23 bits per heavy atom. The first-order valence-electron chi connectivity index (χ1n) is 9.90. The number of rotatable bonds is 11. The van der Waals surface area contributed by atoms with Crippen molar-refractivity contribution in [3.05, 3.63) is 23.9 Å². The van der Waals surface area contributed by atoms with Crippen molar-refractivity contribution >= 4 is 11.8 Å². The lowest BCUT2D eigenvalue weighted by atomic mass is 10.2. The third-order valence-corrected chi connectivity index (χ3v) is 4.43. The number of pyridine rings is 1. The predicted molar refractivity (Wildman–Crippen MR) is 113 cm³/mol. The maximum Gasteiger partial charge on any atom is 0.191 e. The van der Waals surface area contributed by atoms with E-state index in [-0.39, 0.29) is 0 Å². The third-order valence-electron chi connectivity index (χ3n) is 4.43. The Bertz CT molecular complexity index is 525. The van der Waals surface area contributed by atoms with Crippen molar-refractivity contribution in [1.82, 2.24) is 20.5 Å². The van der Waals surface area contributed by atoms with Crippen LogP contribution in [-0.4, -0.2) is 62.2 Å². The van der Waals surface area contributed by atoms with E-state index in [4.69, 9.17) is 4.99 Å². The number of nitrogens with zero attached hydrogens (tertiary/aromatic N) is 4. The van der Waals surface area contributed by atoms with Gasteiger partial charge < -0.3 is 20.4 Å². The molecule has 0 saturated carbocycles. The van der Waals surface area contributed by atoms with Gasteiger partial charge in [0.2, 0.25) is 0 Å². The van der Waals surface area contributed by atoms with Crippen LogP contribution >= 0.6 is 0 Å². The van der Waals surface area contributed by atoms with Crippen LogP contribution in [0.3, 0.4) is 0 Å². The van der Waals surface area contributed by atoms with Gasteiger partial charge in [-0.25, -0.2) is 9.98 Å². The van der Waals surface area contributed by atoms with Crippen LogP contribution in [0.4, 0.5) is 5.82 Å². The normalized spacial score (nSPS) is 13.0. The van der Waals surface area contributed by atoms with Gasteiger partial charge in [-0.1, -0.05) is 19.9 Å². The minimum Gasteiger partial charge on any atom is -0.362 e. The van der Waals surface area contributed by atoms with Crippen LogP contribution in [0.5, 0.6) is 0 Å². The average molecular weight is 363 g/mol. The summed E-state index contributed by atoms with van der Waals surface area (Å²) in [5, 5.41) is 6.88. The van der Waals surface area contributed by atoms with Gasteiger partial charge in [-0.3, -0.25) is 0 Å². The maximum absolute atomic E-state index is 4.76. The molecule has 2 N–H and O–H groups in total. The number of hydrogen-bond donors (Lipinski definition) is 2. The molecule has 0 aliphatic carbocycles. The maximum atomic E-state index is 4.76. The number of hydrogen-bond acceptors (Lipinski definition) is 4. The van der Waals surface area contributed by atoms with Crippen LogP contribution in [0.15, 0.2) is 23.3 Å². The Labute approximate surface area is 160 Å². The van der Waals surface area contributed by atoms with Crippen molar-refractivity contribution in [2.45, 2.75) is 53.1 Å². The van der Waals surface area contributed by atoms with Crippen LogP contribution in [-0.2, 0) is 6.54 Å². The largest absolute Gasteiger partial charge is 0.362 e. The summed E-state index contributed by atoms with van der Waals surface area (Å²) in [6.45, 7) is 13.7. The fourth-order valence-electron chi connectivity index (χ4n) is 2.91. The van der Waals surface area contributed by atoms with Crippen molar-refractivity contribution in [3.63, 3.8) is 0 Å². The van der Waals surface area contributed by atoms with Crippen molar-refractivity contribution in [1.29, 1.82) is 0 Å². The highest BCUT2D eigenvalue weighted by atomic mass is 15.2. The smallest absolute Gasteiger partial charge is 0.191 e. The molecule has 6 heteroatoms. The van der Waals surface area contributed by atoms with Crippen LogP contribution in [0.25, 0.3) is 0 Å². The molecule has 0 radical (unpaired) electrons. The fourth-order valence-corrected chi connectivity index (χ4v) is 2.91. The molecular formula is C20H38N6. The lowest BCUT2D eigenvalue weighted by Crippen LogP contribution is -2.42. The number of aromatic nitrogens is 1. The van der Waals surface area contributed by atoms with E-state index in [9.17, 15) is 0 Å². The standard InChI is InChI=1S/C20H38N6/c1-7-21-20(24-17(4)12-11-15-26(8-2)9-3)23-16-18-13-10-14-22-19(18)25(5)6/h10,13-14,17H,7-9,11-12,15-16H2,1-6H3,(H2,21,23,24). The fraction of sp³-hybridized carbons (Fsp3) is 0.700. The number of aliphatic imine (C=N–C) groups is 1. The Morgan fingerprint density at radius 3 is 2.58 bits per heavy atom. The van der Waals surface area contributed by atoms with Crippen molar-refractivity contribution in [2.75, 3.05) is 45.2 Å². The van der Waals surface area contributed by atoms with E-state index in [0.717, 1.165) is 49.9 Å². The monoisotopic (exact) mass is 362 g/mol. The molecule has 1 heterocycles. The summed E-state index contributed by atoms with van der Waals surface area (Å²) >= 11 is 0. The minimum absolute atomic E-state index is 0.394. The molecule has 0 aliphatic heterocycles. The zero-order valence-corrected chi connectivity index (χ0v) is 17.5. The molecule has 1 atom stereocenters. The molecule has 0 aromatic carbocycles. The van der Waals surface area contributed by atoms with Gasteiger partial charge in [0.15, 0.2) is 5.96 Å². The summed E-state index contributed by atoms with van der Waals surface area (Å²) in [5.74, 6) is 1.84. The van der Waals surface area contributed by atoms with Crippen LogP contribution in [0, 0.1) is 0 Å². The Hall–Kier alpha value is -1.82. The molecule has 0 saturated heterocycles. The number of guanidine groups is 1. The highest BCUT2D eigenvalue weighted by Crippen LogP contribution is 2.15. The molecule has 0 aliphatic rings. The molecule has 0 bridgehead atoms. The van der Waals surface area contributed by atoms with E-state index in [1.165, 1.54) is 6.42 Å². The second-order valence-corrected chi connectivity index (χ2v) is 6.79. The van der Waals surface area contributed by atoms with Gasteiger partial charge in [-0.05, 0) is 52.4 Å². The second-order valence-electron chi connectivity index (χ2n) is 6.79. The molecule has 26 heavy (non-hydrogen) atoms. The summed E-state index contributed by atoms with van der Waals surface area (Å²) in [6.07, 6.45) is 4.16. The summed E-state index contributed by atoms with van der Waals surface area (Å²) < 4.78 is 0. The van der Waals surface area contributed by atoms with E-state index in [1.807, 2.05) is 31.3 Å². The van der Waals surface area contributed by atoms with Crippen molar-refractivity contribution < 1.29 is 0 Å². The SMILES string of the molecule is CCNC(=NCc1cccnc1N(C)C)NC(C)CCCN(CC)CC. The average Bonchev–Trinajstić information content (AvgIpc) is 2.63. The summed E-state index contributed by atoms with van der Waals surface area (Å²) in [5.41, 5.74) is 1.13. The third kappa shape index (κ3) is 8.04. The second kappa shape index (κ2) is 12.5. The van der Waals surface area contributed by atoms with E-state index in [1.54, 1.807) is 0 Å². The lowest BCUT2D eigenvalue weighted by Gasteiger charge is -2.21. The van der Waals surface area contributed by atoms with E-state index < -0.39 is 0 Å². The van der Waals surface area contributed by atoms with Crippen molar-refractivity contribution in [2.24, 2.45) is 4.99 Å². The Morgan fingerprint density at radius 2 is 1.96 bits per heavy atom. The van der Waals surface area contributed by atoms with Crippen LogP contribution in [0.2, 0.25) is 0 Å². The first-order valence-corrected chi connectivity index (χ1v) is 9.90. The minimum atomic E-state index is 0.394. The lowest BCUT2D eigenvalue weighted by molar-refractivity contribution is 0.292. The van der Waals surface area contributed by atoms with Gasteiger partial charge in [0.25, 0.3) is 0 Å². The molecule has 1 rings (SSSR count). The molecule has 1 unspecified atom stereocenters. The van der Waals surface area contributed by atoms with Gasteiger partial charge in [0, 0.05) is 38.4 Å². The summed E-state index contributed by atoms with van der Waals surface area (Å²) in [6, 6.07) is 4.45. The first kappa shape index (κ1) is 22.2. The number of anilines is 1. The van der Waals surface area contributed by atoms with Gasteiger partial charge >= 0.3 is 0 Å². The van der Waals surface area contributed by atoms with Crippen LogP contribution < -0.4 is 15.5 Å². The van der Waals surface area contributed by atoms with E-state index in [0.29, 0.717) is 12.6 Å². The van der Waals surface area contributed by atoms with Gasteiger partial charge in [-0.2, -0.15) is 0 Å². The highest BCUT2D eigenvalue weighted by molar-refractivity contribution is 5.80. The topological polar surface area (TPSA) is 55.8 Å². The molecule has 0 spiro atoms. The predicted octanol–water partition coefficient (Wildman–Crippen LogP) is 2.71. The Kier molecular flexibility index (Phi) is 10.7. The zero-order valence-electron chi connectivity index (χ0n) is 17.5. The van der Waals surface area contributed by atoms with Crippen molar-refractivity contribution in [3.8, 4) is 0 Å². The first-order chi connectivity index (χ1) is 12.5. The van der Waals surface area contributed by atoms with Gasteiger partial charge in [-0.15, -0.1) is 0 Å². The van der Waals surface area contributed by atoms with E-state index >= 15 is 0 Å². The quantitative estimate of drug-likeness (QED) is 0.468. The summed E-state index contributed by atoms with van der Waals surface area (Å²) in [4.78, 5) is 13.7. The summed E-state index contributed by atoms with van der Waals surface area (Å²) in [7, 11) is 4.02. The molecule has 0 amide bonds. The Balaban J connectivity index is 2.60. The number of nitrogens with one attached hydrogen (secondary N) is 2. The molecule has 148 valence electrons. The zero-order chi connectivity index (χ0) is 19.4. The van der Waals surface area contributed by atoms with E-state index in [2.05, 4.69) is 54.3 Å². The van der Waals surface area contributed by atoms with Gasteiger partial charge in [0.05, 0.1) is 6.54 Å². The highest BCUT2D eigenvalue weighted by Gasteiger charge is 2.08. The van der Waals surface area contributed by atoms with Crippen LogP contribution in [0.1, 0.15) is 46.1 Å². The molecular weight excluding hydrogens is 324 g/mol. The molecule has 0 fully saturated rings. The molecule has 6 nitrogen and oxygen atoms in total. The molecule has 1 aromatic heterocycles. The molecule has 1 aromatic rings. The van der Waals surface area contributed by atoms with Gasteiger partial charge in [0.1, 0.15) is 5.82 Å².